The zero-order valence-electron chi connectivity index (χ0n) is 14.2. The van der Waals surface area contributed by atoms with E-state index in [1.165, 1.54) is 6.07 Å². The van der Waals surface area contributed by atoms with Crippen LogP contribution in [0.3, 0.4) is 0 Å². The van der Waals surface area contributed by atoms with E-state index < -0.39 is 5.41 Å². The SMILES string of the molecule is O=C(c1csnn1)N1CC[C@@]2(CCCN(Cc3ccccc3F)C2=O)C1. The molecule has 26 heavy (non-hydrogen) atoms. The van der Waals surface area contributed by atoms with Crippen LogP contribution in [0.15, 0.2) is 29.6 Å². The Hall–Kier alpha value is -2.35. The van der Waals surface area contributed by atoms with Crippen LogP contribution in [0.1, 0.15) is 35.3 Å². The van der Waals surface area contributed by atoms with Gasteiger partial charge in [0, 0.05) is 37.1 Å². The van der Waals surface area contributed by atoms with E-state index in [0.717, 1.165) is 24.4 Å². The molecule has 2 amide bonds. The maximum Gasteiger partial charge on any atom is 0.275 e. The molecule has 136 valence electrons. The lowest BCUT2D eigenvalue weighted by Crippen LogP contribution is -2.50. The van der Waals surface area contributed by atoms with Crippen LogP contribution in [0, 0.1) is 11.2 Å². The summed E-state index contributed by atoms with van der Waals surface area (Å²) in [5.74, 6) is -0.437. The Morgan fingerprint density at radius 1 is 1.27 bits per heavy atom. The highest BCUT2D eigenvalue weighted by Crippen LogP contribution is 2.41. The Balaban J connectivity index is 1.49. The van der Waals surface area contributed by atoms with E-state index >= 15 is 0 Å². The number of benzene rings is 1. The van der Waals surface area contributed by atoms with Crippen molar-refractivity contribution in [2.45, 2.75) is 25.8 Å². The highest BCUT2D eigenvalue weighted by atomic mass is 32.1. The second-order valence-corrected chi connectivity index (χ2v) is 7.58. The summed E-state index contributed by atoms with van der Waals surface area (Å²) in [6, 6.07) is 6.55. The lowest BCUT2D eigenvalue weighted by molar-refractivity contribution is -0.146. The van der Waals surface area contributed by atoms with Crippen molar-refractivity contribution in [1.82, 2.24) is 19.4 Å². The summed E-state index contributed by atoms with van der Waals surface area (Å²) in [5.41, 5.74) is 0.304. The van der Waals surface area contributed by atoms with Crippen molar-refractivity contribution >= 4 is 23.3 Å². The molecule has 0 radical (unpaired) electrons. The number of carbonyl (C=O) groups is 2. The third kappa shape index (κ3) is 2.98. The maximum absolute atomic E-state index is 14.0. The molecule has 1 aromatic heterocycles. The zero-order valence-corrected chi connectivity index (χ0v) is 15.0. The molecule has 1 atom stereocenters. The minimum absolute atomic E-state index is 0.0266. The van der Waals surface area contributed by atoms with Gasteiger partial charge in [-0.3, -0.25) is 9.59 Å². The van der Waals surface area contributed by atoms with Gasteiger partial charge >= 0.3 is 0 Å². The van der Waals surface area contributed by atoms with Crippen molar-refractivity contribution in [2.75, 3.05) is 19.6 Å². The number of amides is 2. The first-order valence-electron chi connectivity index (χ1n) is 8.68. The molecule has 2 saturated heterocycles. The van der Waals surface area contributed by atoms with E-state index in [0.29, 0.717) is 37.3 Å². The minimum atomic E-state index is -0.553. The van der Waals surface area contributed by atoms with E-state index in [4.69, 9.17) is 0 Å². The maximum atomic E-state index is 14.0. The van der Waals surface area contributed by atoms with Gasteiger partial charge in [0.1, 0.15) is 5.82 Å². The Labute approximate surface area is 154 Å². The number of nitrogens with zero attached hydrogens (tertiary/aromatic N) is 4. The standard InChI is InChI=1S/C18H19FN4O2S/c19-14-5-2-1-4-13(14)10-22-8-3-6-18(17(22)25)7-9-23(12-18)16(24)15-11-26-21-20-15/h1-2,4-5,11H,3,6-10,12H2/t18-/m0/s1. The molecule has 0 bridgehead atoms. The van der Waals surface area contributed by atoms with Crippen molar-refractivity contribution in [3.05, 3.63) is 46.7 Å². The van der Waals surface area contributed by atoms with Gasteiger partial charge in [0.25, 0.3) is 5.91 Å². The Morgan fingerprint density at radius 3 is 2.88 bits per heavy atom. The number of hydrogen-bond donors (Lipinski definition) is 0. The molecule has 2 aliphatic heterocycles. The lowest BCUT2D eigenvalue weighted by Gasteiger charge is -2.39. The molecule has 4 rings (SSSR count). The van der Waals surface area contributed by atoms with Crippen LogP contribution in [0.2, 0.25) is 0 Å². The lowest BCUT2D eigenvalue weighted by atomic mass is 9.78. The molecular weight excluding hydrogens is 355 g/mol. The first-order valence-corrected chi connectivity index (χ1v) is 9.52. The van der Waals surface area contributed by atoms with Crippen molar-refractivity contribution in [1.29, 1.82) is 0 Å². The first kappa shape index (κ1) is 17.1. The molecule has 0 N–H and O–H groups in total. The van der Waals surface area contributed by atoms with Crippen molar-refractivity contribution in [3.63, 3.8) is 0 Å². The molecular formula is C18H19FN4O2S. The smallest absolute Gasteiger partial charge is 0.275 e. The molecule has 0 aliphatic carbocycles. The van der Waals surface area contributed by atoms with Gasteiger partial charge in [0.15, 0.2) is 5.69 Å². The molecule has 0 saturated carbocycles. The van der Waals surface area contributed by atoms with Gasteiger partial charge < -0.3 is 9.80 Å². The Kier molecular flexibility index (Phi) is 4.44. The quantitative estimate of drug-likeness (QED) is 0.827. The largest absolute Gasteiger partial charge is 0.338 e. The van der Waals surface area contributed by atoms with Crippen molar-refractivity contribution in [2.24, 2.45) is 5.41 Å². The summed E-state index contributed by atoms with van der Waals surface area (Å²) >= 11 is 1.14. The van der Waals surface area contributed by atoms with Gasteiger partial charge in [-0.25, -0.2) is 4.39 Å². The third-order valence-corrected chi connectivity index (χ3v) is 5.87. The number of hydrogen-bond acceptors (Lipinski definition) is 5. The van der Waals surface area contributed by atoms with Crippen LogP contribution in [-0.2, 0) is 11.3 Å². The van der Waals surface area contributed by atoms with E-state index in [9.17, 15) is 14.0 Å². The fraction of sp³-hybridized carbons (Fsp3) is 0.444. The van der Waals surface area contributed by atoms with E-state index in [-0.39, 0.29) is 24.2 Å². The number of carbonyl (C=O) groups excluding carboxylic acids is 2. The third-order valence-electron chi connectivity index (χ3n) is 5.36. The van der Waals surface area contributed by atoms with Crippen LogP contribution in [0.25, 0.3) is 0 Å². The van der Waals surface area contributed by atoms with Crippen molar-refractivity contribution in [3.8, 4) is 0 Å². The van der Waals surface area contributed by atoms with Crippen LogP contribution in [0.5, 0.6) is 0 Å². The molecule has 1 spiro atoms. The van der Waals surface area contributed by atoms with Crippen LogP contribution in [0.4, 0.5) is 4.39 Å². The first-order chi connectivity index (χ1) is 12.6. The fourth-order valence-electron chi connectivity index (χ4n) is 3.98. The van der Waals surface area contributed by atoms with Crippen LogP contribution < -0.4 is 0 Å². The molecule has 6 nitrogen and oxygen atoms in total. The Morgan fingerprint density at radius 2 is 2.12 bits per heavy atom. The number of aromatic nitrogens is 2. The topological polar surface area (TPSA) is 66.4 Å². The molecule has 1 aromatic carbocycles. The summed E-state index contributed by atoms with van der Waals surface area (Å²) in [4.78, 5) is 29.1. The fourth-order valence-corrected chi connectivity index (χ4v) is 4.41. The number of rotatable bonds is 3. The molecule has 2 aromatic rings. The second kappa shape index (κ2) is 6.75. The summed E-state index contributed by atoms with van der Waals surface area (Å²) in [7, 11) is 0. The summed E-state index contributed by atoms with van der Waals surface area (Å²) in [5, 5.41) is 5.46. The van der Waals surface area contributed by atoms with E-state index in [1.54, 1.807) is 33.4 Å². The summed E-state index contributed by atoms with van der Waals surface area (Å²) in [6.45, 7) is 1.84. The highest BCUT2D eigenvalue weighted by molar-refractivity contribution is 7.03. The zero-order chi connectivity index (χ0) is 18.1. The normalized spacial score (nSPS) is 23.0. The summed E-state index contributed by atoms with van der Waals surface area (Å²) < 4.78 is 17.7. The molecule has 8 heteroatoms. The highest BCUT2D eigenvalue weighted by Gasteiger charge is 2.49. The molecule has 2 fully saturated rings. The predicted molar refractivity (Wildman–Crippen MR) is 93.9 cm³/mol. The number of likely N-dealkylation sites (tertiary alicyclic amines) is 2. The number of halogens is 1. The van der Waals surface area contributed by atoms with Gasteiger partial charge in [0.2, 0.25) is 5.91 Å². The molecule has 0 unspecified atom stereocenters. The van der Waals surface area contributed by atoms with E-state index in [2.05, 4.69) is 9.59 Å². The summed E-state index contributed by atoms with van der Waals surface area (Å²) in [6.07, 6.45) is 2.27. The molecule has 3 heterocycles. The average molecular weight is 374 g/mol. The number of piperidine rings is 1. The monoisotopic (exact) mass is 374 g/mol. The van der Waals surface area contributed by atoms with Gasteiger partial charge in [-0.15, -0.1) is 5.10 Å². The second-order valence-electron chi connectivity index (χ2n) is 6.97. The van der Waals surface area contributed by atoms with Crippen LogP contribution in [-0.4, -0.2) is 50.8 Å². The van der Waals surface area contributed by atoms with Crippen molar-refractivity contribution < 1.29 is 14.0 Å². The van der Waals surface area contributed by atoms with Gasteiger partial charge in [0.05, 0.1) is 5.41 Å². The Bertz CT molecular complexity index is 828. The van der Waals surface area contributed by atoms with E-state index in [1.807, 2.05) is 0 Å². The van der Waals surface area contributed by atoms with Crippen LogP contribution >= 0.6 is 11.5 Å². The van der Waals surface area contributed by atoms with Gasteiger partial charge in [-0.2, -0.15) is 0 Å². The minimum Gasteiger partial charge on any atom is -0.338 e. The predicted octanol–water partition coefficient (Wildman–Crippen LogP) is 2.33. The average Bonchev–Trinajstić information content (AvgIpc) is 3.31. The molecule has 2 aliphatic rings. The van der Waals surface area contributed by atoms with Gasteiger partial charge in [-0.1, -0.05) is 22.7 Å². The van der Waals surface area contributed by atoms with Gasteiger partial charge in [-0.05, 0) is 36.9 Å².